The number of pyridine rings is 3. The minimum atomic E-state index is -1.08. The van der Waals surface area contributed by atoms with Crippen molar-refractivity contribution in [1.29, 1.82) is 5.26 Å². The van der Waals surface area contributed by atoms with Gasteiger partial charge in [-0.1, -0.05) is 19.9 Å². The Bertz CT molecular complexity index is 1320. The molecule has 4 rings (SSSR count). The van der Waals surface area contributed by atoms with Crippen molar-refractivity contribution < 1.29 is 14.3 Å². The summed E-state index contributed by atoms with van der Waals surface area (Å²) in [5, 5.41) is 18.0. The van der Waals surface area contributed by atoms with Crippen molar-refractivity contribution >= 4 is 17.0 Å². The minimum Gasteiger partial charge on any atom is -0.477 e. The second kappa shape index (κ2) is 11.1. The number of fused-ring (bicyclic) bond motifs is 1. The van der Waals surface area contributed by atoms with Crippen LogP contribution in [0.25, 0.3) is 33.5 Å². The van der Waals surface area contributed by atoms with Crippen LogP contribution in [0.4, 0.5) is 4.39 Å². The summed E-state index contributed by atoms with van der Waals surface area (Å²) in [6, 6.07) is 13.5. The summed E-state index contributed by atoms with van der Waals surface area (Å²) in [4.78, 5) is 23.4. The summed E-state index contributed by atoms with van der Waals surface area (Å²) in [5.74, 6) is -1.61. The van der Waals surface area contributed by atoms with Crippen LogP contribution in [0.1, 0.15) is 38.2 Å². The molecule has 9 heteroatoms. The molecule has 0 aliphatic heterocycles. The van der Waals surface area contributed by atoms with Gasteiger partial charge in [-0.25, -0.2) is 19.7 Å². The largest absolute Gasteiger partial charge is 0.477 e. The molecule has 0 fully saturated rings. The Hall–Kier alpha value is -4.16. The van der Waals surface area contributed by atoms with E-state index in [4.69, 9.17) is 16.1 Å². The molecule has 176 valence electrons. The Labute approximate surface area is 197 Å². The third kappa shape index (κ3) is 6.43. The van der Waals surface area contributed by atoms with E-state index in [1.165, 1.54) is 18.3 Å². The summed E-state index contributed by atoms with van der Waals surface area (Å²) < 4.78 is 15.0. The lowest BCUT2D eigenvalue weighted by Gasteiger charge is -2.04. The maximum absolute atomic E-state index is 13.1. The third-order valence-corrected chi connectivity index (χ3v) is 4.44. The molecule has 0 aliphatic rings. The molecule has 0 amide bonds. The molecule has 34 heavy (non-hydrogen) atoms. The average Bonchev–Trinajstić information content (AvgIpc) is 3.16. The monoisotopic (exact) mass is 462 g/mol. The van der Waals surface area contributed by atoms with Gasteiger partial charge in [-0.15, -0.1) is 0 Å². The number of carboxylic acid groups (broad SMARTS) is 1. The predicted octanol–water partition coefficient (Wildman–Crippen LogP) is 4.81. The lowest BCUT2D eigenvalue weighted by atomic mass is 10.1. The highest BCUT2D eigenvalue weighted by Crippen LogP contribution is 2.28. The Kier molecular flexibility index (Phi) is 8.53. The first-order chi connectivity index (χ1) is 16.1. The average molecular weight is 463 g/mol. The van der Waals surface area contributed by atoms with Gasteiger partial charge in [0, 0.05) is 36.0 Å². The van der Waals surface area contributed by atoms with E-state index in [0.29, 0.717) is 5.69 Å². The van der Waals surface area contributed by atoms with Crippen molar-refractivity contribution in [2.24, 2.45) is 12.8 Å². The lowest BCUT2D eigenvalue weighted by Crippen LogP contribution is -2.28. The van der Waals surface area contributed by atoms with Gasteiger partial charge in [0.15, 0.2) is 0 Å². The zero-order valence-electron chi connectivity index (χ0n) is 19.7. The van der Waals surface area contributed by atoms with Crippen LogP contribution in [-0.4, -0.2) is 36.1 Å². The van der Waals surface area contributed by atoms with Crippen molar-refractivity contribution in [3.63, 3.8) is 0 Å². The van der Waals surface area contributed by atoms with E-state index in [2.05, 4.69) is 15.0 Å². The van der Waals surface area contributed by atoms with Gasteiger partial charge in [0.05, 0.1) is 23.0 Å². The fourth-order valence-corrected chi connectivity index (χ4v) is 2.88. The van der Waals surface area contributed by atoms with Crippen molar-refractivity contribution in [1.82, 2.24) is 19.5 Å². The number of rotatable bonds is 3. The van der Waals surface area contributed by atoms with Crippen LogP contribution in [-0.2, 0) is 7.05 Å². The number of carbonyl (C=O) groups is 1. The molecule has 0 aliphatic carbocycles. The number of nitrogens with two attached hydrogens (primary N) is 1. The van der Waals surface area contributed by atoms with E-state index in [9.17, 15) is 9.18 Å². The first-order valence-electron chi connectivity index (χ1n) is 10.6. The number of hydrogen-bond acceptors (Lipinski definition) is 6. The molecular formula is C25H27FN6O2. The standard InChI is InChI=1S/C19H13FN4O2.C4H8N2.C2H6/c1-24-16(11-5-6-17(20)21-9-11)8-12-7-13(10-22-18(12)24)14-3-2-4-15(23-14)19(25)26;1-4(2,6)3-5;1-2/h2-10H,1H3,(H,25,26);6H2,1-2H3;1-2H3. The molecule has 0 aromatic carbocycles. The number of nitriles is 1. The normalized spacial score (nSPS) is 10.4. The van der Waals surface area contributed by atoms with Gasteiger partial charge in [-0.05, 0) is 50.2 Å². The lowest BCUT2D eigenvalue weighted by molar-refractivity contribution is 0.0690. The molecule has 4 aromatic heterocycles. The Morgan fingerprint density at radius 3 is 2.32 bits per heavy atom. The predicted molar refractivity (Wildman–Crippen MR) is 129 cm³/mol. The summed E-state index contributed by atoms with van der Waals surface area (Å²) in [6.07, 6.45) is 3.13. The Morgan fingerprint density at radius 2 is 1.76 bits per heavy atom. The first-order valence-corrected chi connectivity index (χ1v) is 10.6. The number of halogens is 1. The zero-order valence-corrected chi connectivity index (χ0v) is 19.7. The second-order valence-electron chi connectivity index (χ2n) is 7.64. The molecule has 4 aromatic rings. The quantitative estimate of drug-likeness (QED) is 0.418. The summed E-state index contributed by atoms with van der Waals surface area (Å²) in [5.41, 5.74) is 8.13. The second-order valence-corrected chi connectivity index (χ2v) is 7.64. The summed E-state index contributed by atoms with van der Waals surface area (Å²) in [7, 11) is 1.87. The fourth-order valence-electron chi connectivity index (χ4n) is 2.88. The highest BCUT2D eigenvalue weighted by Gasteiger charge is 2.12. The molecule has 0 unspecified atom stereocenters. The molecule has 3 N–H and O–H groups in total. The first kappa shape index (κ1) is 26.1. The van der Waals surface area contributed by atoms with Crippen LogP contribution in [0.2, 0.25) is 0 Å². The summed E-state index contributed by atoms with van der Waals surface area (Å²) >= 11 is 0. The van der Waals surface area contributed by atoms with Crippen LogP contribution >= 0.6 is 0 Å². The fraction of sp³-hybridized carbons (Fsp3) is 0.240. The third-order valence-electron chi connectivity index (χ3n) is 4.44. The molecule has 0 atom stereocenters. The zero-order chi connectivity index (χ0) is 25.5. The molecule has 4 heterocycles. The Morgan fingerprint density at radius 1 is 1.12 bits per heavy atom. The van der Waals surface area contributed by atoms with Crippen LogP contribution < -0.4 is 5.73 Å². The van der Waals surface area contributed by atoms with E-state index in [0.717, 1.165) is 27.9 Å². The maximum atomic E-state index is 13.1. The number of nitrogens with zero attached hydrogens (tertiary/aromatic N) is 5. The molecule has 0 spiro atoms. The molecular weight excluding hydrogens is 435 g/mol. The van der Waals surface area contributed by atoms with Gasteiger partial charge >= 0.3 is 5.97 Å². The smallest absolute Gasteiger partial charge is 0.354 e. The van der Waals surface area contributed by atoms with Gasteiger partial charge in [-0.2, -0.15) is 9.65 Å². The molecule has 0 saturated heterocycles. The summed E-state index contributed by atoms with van der Waals surface area (Å²) in [6.45, 7) is 7.32. The molecule has 0 radical (unpaired) electrons. The van der Waals surface area contributed by atoms with Gasteiger partial charge in [-0.3, -0.25) is 0 Å². The highest BCUT2D eigenvalue weighted by molar-refractivity contribution is 5.88. The highest BCUT2D eigenvalue weighted by atomic mass is 19.1. The minimum absolute atomic E-state index is 0.0197. The molecule has 0 bridgehead atoms. The van der Waals surface area contributed by atoms with Crippen molar-refractivity contribution in [3.8, 4) is 28.6 Å². The SMILES string of the molecule is CC.CC(C)(N)C#N.Cn1c(-c2ccc(F)nc2)cc2cc(-c3cccc(C(=O)O)n3)cnc21. The van der Waals surface area contributed by atoms with E-state index >= 15 is 0 Å². The number of aromatic carboxylic acids is 1. The Balaban J connectivity index is 0.000000447. The van der Waals surface area contributed by atoms with Gasteiger partial charge in [0.25, 0.3) is 0 Å². The molecule has 8 nitrogen and oxygen atoms in total. The van der Waals surface area contributed by atoms with E-state index in [1.54, 1.807) is 38.2 Å². The molecule has 0 saturated carbocycles. The number of aryl methyl sites for hydroxylation is 1. The number of aromatic nitrogens is 4. The van der Waals surface area contributed by atoms with E-state index in [-0.39, 0.29) is 5.69 Å². The van der Waals surface area contributed by atoms with Crippen molar-refractivity contribution in [2.75, 3.05) is 0 Å². The van der Waals surface area contributed by atoms with Crippen LogP contribution in [0.3, 0.4) is 0 Å². The van der Waals surface area contributed by atoms with Gasteiger partial charge < -0.3 is 15.4 Å². The van der Waals surface area contributed by atoms with Crippen LogP contribution in [0.15, 0.2) is 54.9 Å². The van der Waals surface area contributed by atoms with Crippen molar-refractivity contribution in [3.05, 3.63) is 66.5 Å². The number of carboxylic acids is 1. The van der Waals surface area contributed by atoms with Gasteiger partial charge in [0.2, 0.25) is 5.95 Å². The van der Waals surface area contributed by atoms with E-state index in [1.807, 2.05) is 43.7 Å². The topological polar surface area (TPSA) is 131 Å². The van der Waals surface area contributed by atoms with Crippen LogP contribution in [0.5, 0.6) is 0 Å². The van der Waals surface area contributed by atoms with Gasteiger partial charge in [0.1, 0.15) is 11.3 Å². The maximum Gasteiger partial charge on any atom is 0.354 e. The van der Waals surface area contributed by atoms with Crippen molar-refractivity contribution in [2.45, 2.75) is 33.2 Å². The number of hydrogen-bond donors (Lipinski definition) is 2. The van der Waals surface area contributed by atoms with E-state index < -0.39 is 17.5 Å². The van der Waals surface area contributed by atoms with Crippen LogP contribution in [0, 0.1) is 17.3 Å².